The summed E-state index contributed by atoms with van der Waals surface area (Å²) in [6.07, 6.45) is 3.69. The molecule has 1 N–H and O–H groups in total. The number of nitrogens with zero attached hydrogens (tertiary/aromatic N) is 1. The van der Waals surface area contributed by atoms with E-state index in [4.69, 9.17) is 0 Å². The van der Waals surface area contributed by atoms with Crippen LogP contribution in [0.25, 0.3) is 0 Å². The second-order valence-corrected chi connectivity index (χ2v) is 3.46. The quantitative estimate of drug-likeness (QED) is 0.520. The molecule has 1 aliphatic carbocycles. The third kappa shape index (κ3) is 1.06. The Bertz CT molecular complexity index is 218. The van der Waals surface area contributed by atoms with Crippen molar-refractivity contribution >= 4 is 5.84 Å². The summed E-state index contributed by atoms with van der Waals surface area (Å²) in [5.74, 6) is 1.09. The predicted molar refractivity (Wildman–Crippen MR) is 46.8 cm³/mol. The average Bonchev–Trinajstić information content (AvgIpc) is 2.31. The summed E-state index contributed by atoms with van der Waals surface area (Å²) in [5.41, 5.74) is 1.31. The van der Waals surface area contributed by atoms with Gasteiger partial charge >= 0.3 is 0 Å². The Kier molecular flexibility index (Phi) is 1.48. The molecule has 0 amide bonds. The van der Waals surface area contributed by atoms with E-state index < -0.39 is 0 Å². The lowest BCUT2D eigenvalue weighted by molar-refractivity contribution is 0.459. The van der Waals surface area contributed by atoms with E-state index in [1.807, 2.05) is 6.92 Å². The Hall–Kier alpha value is -0.790. The lowest BCUT2D eigenvalue weighted by Gasteiger charge is -2.25. The zero-order valence-electron chi connectivity index (χ0n) is 6.93. The second-order valence-electron chi connectivity index (χ2n) is 3.46. The van der Waals surface area contributed by atoms with E-state index >= 15 is 0 Å². The topological polar surface area (TPSA) is 24.4 Å². The van der Waals surface area contributed by atoms with Crippen LogP contribution in [0.15, 0.2) is 17.1 Å². The first-order valence-electron chi connectivity index (χ1n) is 4.26. The fourth-order valence-corrected chi connectivity index (χ4v) is 1.99. The van der Waals surface area contributed by atoms with Gasteiger partial charge in [-0.15, -0.1) is 0 Å². The number of hydrogen-bond donors (Lipinski definition) is 1. The summed E-state index contributed by atoms with van der Waals surface area (Å²) in [7, 11) is 0. The first-order valence-corrected chi connectivity index (χ1v) is 4.26. The molecule has 2 heteroatoms. The molecule has 0 aromatic heterocycles. The third-order valence-corrected chi connectivity index (χ3v) is 2.54. The number of aliphatic imine (C=N–C) groups is 1. The van der Waals surface area contributed by atoms with E-state index in [2.05, 4.69) is 16.9 Å². The summed E-state index contributed by atoms with van der Waals surface area (Å²) in [6.45, 7) is 6.08. The monoisotopic (exact) mass is 150 g/mol. The molecule has 2 nitrogen and oxygen atoms in total. The molecule has 2 atom stereocenters. The molecular weight excluding hydrogens is 136 g/mol. The Balaban J connectivity index is 2.18. The Morgan fingerprint density at radius 3 is 3.18 bits per heavy atom. The van der Waals surface area contributed by atoms with Crippen LogP contribution < -0.4 is 5.32 Å². The van der Waals surface area contributed by atoms with Crippen molar-refractivity contribution in [2.75, 3.05) is 0 Å². The lowest BCUT2D eigenvalue weighted by atomic mass is 9.88. The minimum Gasteiger partial charge on any atom is -0.369 e. The van der Waals surface area contributed by atoms with Crippen molar-refractivity contribution in [1.82, 2.24) is 5.32 Å². The van der Waals surface area contributed by atoms with E-state index in [1.165, 1.54) is 24.8 Å². The summed E-state index contributed by atoms with van der Waals surface area (Å²) in [5, 5.41) is 3.38. The van der Waals surface area contributed by atoms with Crippen LogP contribution in [0.2, 0.25) is 0 Å². The van der Waals surface area contributed by atoms with Crippen LogP contribution in [0.1, 0.15) is 26.2 Å². The number of fused-ring (bicyclic) bond motifs is 1. The highest BCUT2D eigenvalue weighted by Crippen LogP contribution is 2.28. The molecule has 0 spiro atoms. The molecule has 60 valence electrons. The van der Waals surface area contributed by atoms with Crippen molar-refractivity contribution in [1.29, 1.82) is 0 Å². The molecule has 2 unspecified atom stereocenters. The molecule has 1 heterocycles. The maximum Gasteiger partial charge on any atom is 0.0943 e. The molecular formula is C9H14N2. The Morgan fingerprint density at radius 1 is 1.64 bits per heavy atom. The van der Waals surface area contributed by atoms with Crippen molar-refractivity contribution in [3.05, 3.63) is 12.2 Å². The van der Waals surface area contributed by atoms with Gasteiger partial charge in [0.25, 0.3) is 0 Å². The molecule has 0 aromatic carbocycles. The van der Waals surface area contributed by atoms with Gasteiger partial charge in [0.1, 0.15) is 0 Å². The van der Waals surface area contributed by atoms with Gasteiger partial charge in [-0.05, 0) is 26.2 Å². The molecule has 0 radical (unpaired) electrons. The zero-order valence-corrected chi connectivity index (χ0v) is 6.93. The van der Waals surface area contributed by atoms with E-state index in [0.29, 0.717) is 12.1 Å². The van der Waals surface area contributed by atoms with Crippen molar-refractivity contribution in [2.45, 2.75) is 38.3 Å². The van der Waals surface area contributed by atoms with Gasteiger partial charge < -0.3 is 5.32 Å². The first-order chi connectivity index (χ1) is 5.27. The second kappa shape index (κ2) is 2.36. The van der Waals surface area contributed by atoms with E-state index in [9.17, 15) is 0 Å². The standard InChI is InChI=1S/C9H14N2/c1-6-4-3-5-8-9(6)11-7(2)10-8/h8-9H,1,3-5H2,2H3,(H,10,11). The molecule has 0 bridgehead atoms. The van der Waals surface area contributed by atoms with Gasteiger partial charge in [0.05, 0.1) is 17.9 Å². The van der Waals surface area contributed by atoms with Crippen molar-refractivity contribution in [3.63, 3.8) is 0 Å². The van der Waals surface area contributed by atoms with Gasteiger partial charge in [-0.25, -0.2) is 0 Å². The van der Waals surface area contributed by atoms with Crippen LogP contribution in [-0.4, -0.2) is 17.9 Å². The van der Waals surface area contributed by atoms with E-state index in [0.717, 1.165) is 5.84 Å². The van der Waals surface area contributed by atoms with Crippen LogP contribution in [0.3, 0.4) is 0 Å². The van der Waals surface area contributed by atoms with Gasteiger partial charge in [0.2, 0.25) is 0 Å². The van der Waals surface area contributed by atoms with Crippen LogP contribution in [0.4, 0.5) is 0 Å². The predicted octanol–water partition coefficient (Wildman–Crippen LogP) is 1.49. The Labute approximate surface area is 67.4 Å². The molecule has 0 saturated heterocycles. The molecule has 11 heavy (non-hydrogen) atoms. The summed E-state index contributed by atoms with van der Waals surface area (Å²) in [4.78, 5) is 4.50. The SMILES string of the molecule is C=C1CCCC2NC(C)=NC12. The fraction of sp³-hybridized carbons (Fsp3) is 0.667. The minimum absolute atomic E-state index is 0.392. The fourth-order valence-electron chi connectivity index (χ4n) is 1.99. The normalized spacial score (nSPS) is 36.1. The maximum absolute atomic E-state index is 4.50. The summed E-state index contributed by atoms with van der Waals surface area (Å²) >= 11 is 0. The van der Waals surface area contributed by atoms with Crippen LogP contribution in [-0.2, 0) is 0 Å². The van der Waals surface area contributed by atoms with E-state index in [1.54, 1.807) is 0 Å². The van der Waals surface area contributed by atoms with E-state index in [-0.39, 0.29) is 0 Å². The van der Waals surface area contributed by atoms with Crippen LogP contribution in [0, 0.1) is 0 Å². The van der Waals surface area contributed by atoms with Gasteiger partial charge in [-0.3, -0.25) is 4.99 Å². The molecule has 1 saturated carbocycles. The highest BCUT2D eigenvalue weighted by molar-refractivity contribution is 5.82. The van der Waals surface area contributed by atoms with Crippen molar-refractivity contribution in [3.8, 4) is 0 Å². The van der Waals surface area contributed by atoms with Gasteiger partial charge in [-0.2, -0.15) is 0 Å². The zero-order chi connectivity index (χ0) is 7.84. The molecule has 2 rings (SSSR count). The number of nitrogens with one attached hydrogen (secondary N) is 1. The number of rotatable bonds is 0. The van der Waals surface area contributed by atoms with Crippen LogP contribution >= 0.6 is 0 Å². The molecule has 1 aliphatic heterocycles. The average molecular weight is 150 g/mol. The number of amidine groups is 1. The summed E-state index contributed by atoms with van der Waals surface area (Å²) < 4.78 is 0. The largest absolute Gasteiger partial charge is 0.369 e. The maximum atomic E-state index is 4.50. The lowest BCUT2D eigenvalue weighted by Crippen LogP contribution is -2.37. The minimum atomic E-state index is 0.392. The highest BCUT2D eigenvalue weighted by Gasteiger charge is 2.31. The van der Waals surface area contributed by atoms with Crippen molar-refractivity contribution < 1.29 is 0 Å². The molecule has 1 fully saturated rings. The highest BCUT2D eigenvalue weighted by atomic mass is 15.1. The van der Waals surface area contributed by atoms with Gasteiger partial charge in [0.15, 0.2) is 0 Å². The smallest absolute Gasteiger partial charge is 0.0943 e. The van der Waals surface area contributed by atoms with Gasteiger partial charge in [-0.1, -0.05) is 12.2 Å². The third-order valence-electron chi connectivity index (χ3n) is 2.54. The Morgan fingerprint density at radius 2 is 2.45 bits per heavy atom. The first kappa shape index (κ1) is 6.89. The molecule has 2 aliphatic rings. The van der Waals surface area contributed by atoms with Gasteiger partial charge in [0, 0.05) is 0 Å². The van der Waals surface area contributed by atoms with Crippen LogP contribution in [0.5, 0.6) is 0 Å². The number of hydrogen-bond acceptors (Lipinski definition) is 2. The summed E-state index contributed by atoms with van der Waals surface area (Å²) in [6, 6.07) is 0.958. The van der Waals surface area contributed by atoms with Crippen molar-refractivity contribution in [2.24, 2.45) is 4.99 Å². The molecule has 0 aromatic rings.